The van der Waals surface area contributed by atoms with E-state index in [1.165, 1.54) is 12.1 Å². The lowest BCUT2D eigenvalue weighted by molar-refractivity contribution is 0.130. The van der Waals surface area contributed by atoms with Gasteiger partial charge < -0.3 is 14.8 Å². The zero-order valence-electron chi connectivity index (χ0n) is 13.0. The summed E-state index contributed by atoms with van der Waals surface area (Å²) in [6.07, 6.45) is 0.831. The Morgan fingerprint density at radius 2 is 1.95 bits per heavy atom. The molecule has 0 aromatic heterocycles. The maximum atomic E-state index is 13.4. The zero-order chi connectivity index (χ0) is 15.0. The fourth-order valence-electron chi connectivity index (χ4n) is 1.67. The average Bonchev–Trinajstić information content (AvgIpc) is 2.37. The van der Waals surface area contributed by atoms with Crippen LogP contribution in [0.5, 0.6) is 5.75 Å². The van der Waals surface area contributed by atoms with E-state index >= 15 is 0 Å². The first-order chi connectivity index (χ1) is 9.42. The summed E-state index contributed by atoms with van der Waals surface area (Å²) in [7, 11) is 0. The minimum atomic E-state index is -0.239. The molecule has 0 aliphatic heterocycles. The summed E-state index contributed by atoms with van der Waals surface area (Å²) in [5.41, 5.74) is 0.829. The van der Waals surface area contributed by atoms with Gasteiger partial charge in [0.15, 0.2) is 0 Å². The number of ether oxygens (including phenoxy) is 2. The first-order valence-electron chi connectivity index (χ1n) is 7.16. The van der Waals surface area contributed by atoms with Crippen LogP contribution in [-0.2, 0) is 11.3 Å². The third-order valence-electron chi connectivity index (χ3n) is 2.73. The number of hydrogen-bond acceptors (Lipinski definition) is 3. The first-order valence-corrected chi connectivity index (χ1v) is 7.16. The summed E-state index contributed by atoms with van der Waals surface area (Å²) in [6.45, 7) is 10.8. The summed E-state index contributed by atoms with van der Waals surface area (Å²) in [6, 6.07) is 4.64. The molecule has 0 radical (unpaired) electrons. The van der Waals surface area contributed by atoms with Crippen molar-refractivity contribution in [3.63, 3.8) is 0 Å². The van der Waals surface area contributed by atoms with Gasteiger partial charge in [-0.05, 0) is 45.9 Å². The molecule has 1 aromatic carbocycles. The number of halogens is 1. The van der Waals surface area contributed by atoms with Crippen LogP contribution in [0.15, 0.2) is 18.2 Å². The highest BCUT2D eigenvalue weighted by Crippen LogP contribution is 2.20. The van der Waals surface area contributed by atoms with Crippen LogP contribution in [0, 0.1) is 5.82 Å². The van der Waals surface area contributed by atoms with Gasteiger partial charge in [0.05, 0.1) is 6.61 Å². The third-order valence-corrected chi connectivity index (χ3v) is 2.73. The van der Waals surface area contributed by atoms with Crippen molar-refractivity contribution in [1.82, 2.24) is 5.32 Å². The summed E-state index contributed by atoms with van der Waals surface area (Å²) in [5.74, 6) is 0.497. The van der Waals surface area contributed by atoms with Gasteiger partial charge in [0.1, 0.15) is 11.6 Å². The topological polar surface area (TPSA) is 30.5 Å². The van der Waals surface area contributed by atoms with Gasteiger partial charge in [-0.15, -0.1) is 0 Å². The Hall–Kier alpha value is -1.13. The van der Waals surface area contributed by atoms with E-state index in [2.05, 4.69) is 26.1 Å². The normalized spacial score (nSPS) is 11.7. The lowest BCUT2D eigenvalue weighted by Crippen LogP contribution is -2.35. The van der Waals surface area contributed by atoms with Crippen LogP contribution < -0.4 is 10.1 Å². The maximum Gasteiger partial charge on any atom is 0.123 e. The molecule has 1 rings (SSSR count). The Morgan fingerprint density at radius 1 is 1.20 bits per heavy atom. The zero-order valence-corrected chi connectivity index (χ0v) is 13.0. The van der Waals surface area contributed by atoms with Gasteiger partial charge >= 0.3 is 0 Å². The molecule has 0 spiro atoms. The van der Waals surface area contributed by atoms with E-state index in [4.69, 9.17) is 9.47 Å². The largest absolute Gasteiger partial charge is 0.493 e. The Kier molecular flexibility index (Phi) is 6.96. The van der Waals surface area contributed by atoms with Crippen molar-refractivity contribution >= 4 is 0 Å². The van der Waals surface area contributed by atoms with Crippen LogP contribution in [0.3, 0.4) is 0 Å². The minimum Gasteiger partial charge on any atom is -0.493 e. The van der Waals surface area contributed by atoms with Crippen molar-refractivity contribution in [3.05, 3.63) is 29.6 Å². The molecule has 0 fully saturated rings. The predicted octanol–water partition coefficient (Wildman–Crippen LogP) is 3.52. The fourth-order valence-corrected chi connectivity index (χ4v) is 1.67. The number of benzene rings is 1. The second-order valence-corrected chi connectivity index (χ2v) is 5.75. The lowest BCUT2D eigenvalue weighted by Gasteiger charge is -2.21. The third kappa shape index (κ3) is 6.87. The van der Waals surface area contributed by atoms with E-state index in [9.17, 15) is 4.39 Å². The summed E-state index contributed by atoms with van der Waals surface area (Å²) < 4.78 is 24.3. The molecule has 0 unspecified atom stereocenters. The predicted molar refractivity (Wildman–Crippen MR) is 79.6 cm³/mol. The van der Waals surface area contributed by atoms with Crippen LogP contribution in [0.4, 0.5) is 4.39 Å². The molecule has 1 aromatic rings. The summed E-state index contributed by atoms with van der Waals surface area (Å²) in [4.78, 5) is 0. The average molecular weight is 283 g/mol. The van der Waals surface area contributed by atoms with Gasteiger partial charge in [-0.3, -0.25) is 0 Å². The molecule has 0 saturated heterocycles. The Bertz CT molecular complexity index is 402. The van der Waals surface area contributed by atoms with Crippen molar-refractivity contribution in [2.75, 3.05) is 19.8 Å². The van der Waals surface area contributed by atoms with Gasteiger partial charge in [-0.25, -0.2) is 4.39 Å². The molecular formula is C16H26FNO2. The summed E-state index contributed by atoms with van der Waals surface area (Å²) in [5, 5.41) is 3.35. The lowest BCUT2D eigenvalue weighted by atomic mass is 10.1. The first kappa shape index (κ1) is 16.9. The van der Waals surface area contributed by atoms with Gasteiger partial charge in [0.2, 0.25) is 0 Å². The highest BCUT2D eigenvalue weighted by molar-refractivity contribution is 5.34. The van der Waals surface area contributed by atoms with Gasteiger partial charge in [0.25, 0.3) is 0 Å². The highest BCUT2D eigenvalue weighted by Gasteiger charge is 2.11. The Morgan fingerprint density at radius 3 is 2.60 bits per heavy atom. The van der Waals surface area contributed by atoms with E-state index in [1.54, 1.807) is 6.07 Å². The second-order valence-electron chi connectivity index (χ2n) is 5.75. The Labute approximate surface area is 121 Å². The van der Waals surface area contributed by atoms with Crippen LogP contribution in [0.1, 0.15) is 39.7 Å². The van der Waals surface area contributed by atoms with E-state index in [0.717, 1.165) is 24.3 Å². The molecule has 0 atom stereocenters. The van der Waals surface area contributed by atoms with Crippen molar-refractivity contribution < 1.29 is 13.9 Å². The quantitative estimate of drug-likeness (QED) is 0.740. The van der Waals surface area contributed by atoms with Crippen LogP contribution in [-0.4, -0.2) is 25.4 Å². The standard InChI is InChI=1S/C16H26FNO2/c1-5-19-9-6-10-20-15-8-7-14(17)11-13(15)12-18-16(2,3)4/h7-8,11,18H,5-6,9-10,12H2,1-4H3. The van der Waals surface area contributed by atoms with E-state index in [0.29, 0.717) is 19.8 Å². The molecular weight excluding hydrogens is 257 g/mol. The van der Waals surface area contributed by atoms with Crippen molar-refractivity contribution in [2.45, 2.75) is 46.2 Å². The SMILES string of the molecule is CCOCCCOc1ccc(F)cc1CNC(C)(C)C. The molecule has 0 saturated carbocycles. The van der Waals surface area contributed by atoms with Gasteiger partial charge in [-0.1, -0.05) is 0 Å². The van der Waals surface area contributed by atoms with E-state index < -0.39 is 0 Å². The molecule has 20 heavy (non-hydrogen) atoms. The van der Waals surface area contributed by atoms with Crippen molar-refractivity contribution in [2.24, 2.45) is 0 Å². The van der Waals surface area contributed by atoms with Crippen LogP contribution in [0.25, 0.3) is 0 Å². The number of rotatable bonds is 8. The van der Waals surface area contributed by atoms with E-state index in [-0.39, 0.29) is 11.4 Å². The minimum absolute atomic E-state index is 0.0153. The van der Waals surface area contributed by atoms with Gasteiger partial charge in [-0.2, -0.15) is 0 Å². The number of nitrogens with one attached hydrogen (secondary N) is 1. The molecule has 0 aliphatic carbocycles. The summed E-state index contributed by atoms with van der Waals surface area (Å²) >= 11 is 0. The molecule has 0 heterocycles. The van der Waals surface area contributed by atoms with Crippen LogP contribution in [0.2, 0.25) is 0 Å². The maximum absolute atomic E-state index is 13.4. The van der Waals surface area contributed by atoms with Crippen LogP contribution >= 0.6 is 0 Å². The van der Waals surface area contributed by atoms with Gasteiger partial charge in [0, 0.05) is 37.3 Å². The van der Waals surface area contributed by atoms with Crippen molar-refractivity contribution in [3.8, 4) is 5.75 Å². The monoisotopic (exact) mass is 283 g/mol. The number of hydrogen-bond donors (Lipinski definition) is 1. The fraction of sp³-hybridized carbons (Fsp3) is 0.625. The molecule has 1 N–H and O–H groups in total. The Balaban J connectivity index is 2.56. The molecule has 0 bridgehead atoms. The molecule has 4 heteroatoms. The molecule has 0 amide bonds. The van der Waals surface area contributed by atoms with Crippen molar-refractivity contribution in [1.29, 1.82) is 0 Å². The smallest absolute Gasteiger partial charge is 0.123 e. The molecule has 114 valence electrons. The molecule has 3 nitrogen and oxygen atoms in total. The highest BCUT2D eigenvalue weighted by atomic mass is 19.1. The molecule has 0 aliphatic rings. The van der Waals surface area contributed by atoms with E-state index in [1.807, 2.05) is 6.92 Å². The second kappa shape index (κ2) is 8.22.